The Balaban J connectivity index is 2.41. The molecule has 0 atom stereocenters. The monoisotopic (exact) mass is 309 g/mol. The first-order valence-corrected chi connectivity index (χ1v) is 7.49. The second-order valence-corrected chi connectivity index (χ2v) is 5.98. The molecule has 0 unspecified atom stereocenters. The van der Waals surface area contributed by atoms with E-state index in [2.05, 4.69) is 0 Å². The van der Waals surface area contributed by atoms with Gasteiger partial charge in [0.05, 0.1) is 0 Å². The Labute approximate surface area is 122 Å². The summed E-state index contributed by atoms with van der Waals surface area (Å²) in [4.78, 5) is -0.220. The standard InChI is InChI=1S/C14H12ClNO3S/c15-12-6-2-10(3-7-12)1-4-11-5-8-13(16)9-14(11)20(17,18)19/h1-9H,16H2,(H,17,18,19). The maximum absolute atomic E-state index is 11.3. The minimum absolute atomic E-state index is 0.220. The highest BCUT2D eigenvalue weighted by Crippen LogP contribution is 2.21. The fourth-order valence-electron chi connectivity index (χ4n) is 1.67. The van der Waals surface area contributed by atoms with Crippen LogP contribution >= 0.6 is 11.6 Å². The molecular weight excluding hydrogens is 298 g/mol. The molecule has 0 heterocycles. The second-order valence-electron chi connectivity index (χ2n) is 4.16. The van der Waals surface area contributed by atoms with E-state index in [0.29, 0.717) is 10.6 Å². The van der Waals surface area contributed by atoms with Crippen LogP contribution in [0.15, 0.2) is 47.4 Å². The number of nitrogen functional groups attached to an aromatic ring is 1. The fraction of sp³-hybridized carbons (Fsp3) is 0. The maximum atomic E-state index is 11.3. The van der Waals surface area contributed by atoms with Crippen molar-refractivity contribution in [2.75, 3.05) is 5.73 Å². The molecule has 2 aromatic rings. The van der Waals surface area contributed by atoms with E-state index in [1.807, 2.05) is 0 Å². The lowest BCUT2D eigenvalue weighted by molar-refractivity contribution is 0.483. The van der Waals surface area contributed by atoms with Crippen LogP contribution in [0.1, 0.15) is 11.1 Å². The Kier molecular flexibility index (Phi) is 4.13. The van der Waals surface area contributed by atoms with Crippen molar-refractivity contribution in [3.63, 3.8) is 0 Å². The van der Waals surface area contributed by atoms with Gasteiger partial charge in [0.1, 0.15) is 4.90 Å². The van der Waals surface area contributed by atoms with Gasteiger partial charge in [0.25, 0.3) is 10.1 Å². The number of anilines is 1. The SMILES string of the molecule is Nc1ccc(C=Cc2ccc(Cl)cc2)c(S(=O)(=O)O)c1. The molecule has 2 rings (SSSR count). The summed E-state index contributed by atoms with van der Waals surface area (Å²) in [6.07, 6.45) is 3.31. The van der Waals surface area contributed by atoms with Crippen molar-refractivity contribution in [3.05, 3.63) is 58.6 Å². The molecule has 0 saturated carbocycles. The number of halogens is 1. The van der Waals surface area contributed by atoms with E-state index in [-0.39, 0.29) is 10.6 Å². The van der Waals surface area contributed by atoms with Gasteiger partial charge in [-0.25, -0.2) is 0 Å². The third-order valence-corrected chi connectivity index (χ3v) is 3.80. The van der Waals surface area contributed by atoms with Gasteiger partial charge in [-0.1, -0.05) is 42.0 Å². The minimum Gasteiger partial charge on any atom is -0.399 e. The number of hydrogen-bond donors (Lipinski definition) is 2. The Morgan fingerprint density at radius 2 is 1.70 bits per heavy atom. The molecule has 104 valence electrons. The average molecular weight is 310 g/mol. The zero-order chi connectivity index (χ0) is 14.8. The van der Waals surface area contributed by atoms with Crippen LogP contribution in [0.3, 0.4) is 0 Å². The van der Waals surface area contributed by atoms with Crippen LogP contribution in [0, 0.1) is 0 Å². The zero-order valence-electron chi connectivity index (χ0n) is 10.3. The normalized spacial score (nSPS) is 11.9. The van der Waals surface area contributed by atoms with Crippen molar-refractivity contribution in [3.8, 4) is 0 Å². The van der Waals surface area contributed by atoms with Crippen molar-refractivity contribution in [1.29, 1.82) is 0 Å². The van der Waals surface area contributed by atoms with E-state index in [1.54, 1.807) is 42.5 Å². The van der Waals surface area contributed by atoms with E-state index < -0.39 is 10.1 Å². The lowest BCUT2D eigenvalue weighted by Gasteiger charge is -2.04. The predicted octanol–water partition coefficient (Wildman–Crippen LogP) is 3.34. The van der Waals surface area contributed by atoms with Crippen LogP contribution in [0.5, 0.6) is 0 Å². The molecule has 0 saturated heterocycles. The maximum Gasteiger partial charge on any atom is 0.295 e. The van der Waals surface area contributed by atoms with Crippen LogP contribution in [0.4, 0.5) is 5.69 Å². The molecule has 0 aliphatic heterocycles. The predicted molar refractivity (Wildman–Crippen MR) is 81.0 cm³/mol. The minimum atomic E-state index is -4.32. The quantitative estimate of drug-likeness (QED) is 0.517. The topological polar surface area (TPSA) is 80.4 Å². The number of rotatable bonds is 3. The summed E-state index contributed by atoms with van der Waals surface area (Å²) >= 11 is 5.78. The summed E-state index contributed by atoms with van der Waals surface area (Å²) in [6, 6.07) is 11.4. The van der Waals surface area contributed by atoms with Gasteiger partial charge in [-0.3, -0.25) is 4.55 Å². The summed E-state index contributed by atoms with van der Waals surface area (Å²) in [7, 11) is -4.32. The highest BCUT2D eigenvalue weighted by Gasteiger charge is 2.14. The van der Waals surface area contributed by atoms with Crippen molar-refractivity contribution in [2.24, 2.45) is 0 Å². The van der Waals surface area contributed by atoms with E-state index in [9.17, 15) is 13.0 Å². The fourth-order valence-corrected chi connectivity index (χ4v) is 2.52. The average Bonchev–Trinajstić information content (AvgIpc) is 2.38. The molecule has 0 bridgehead atoms. The molecule has 0 spiro atoms. The summed E-state index contributed by atoms with van der Waals surface area (Å²) in [6.45, 7) is 0. The van der Waals surface area contributed by atoms with Gasteiger partial charge in [0.2, 0.25) is 0 Å². The first kappa shape index (κ1) is 14.6. The van der Waals surface area contributed by atoms with E-state index in [1.165, 1.54) is 12.1 Å². The largest absolute Gasteiger partial charge is 0.399 e. The van der Waals surface area contributed by atoms with Gasteiger partial charge >= 0.3 is 0 Å². The third-order valence-electron chi connectivity index (χ3n) is 2.64. The van der Waals surface area contributed by atoms with Gasteiger partial charge in [0.15, 0.2) is 0 Å². The molecular formula is C14H12ClNO3S. The number of nitrogens with two attached hydrogens (primary N) is 1. The first-order chi connectivity index (χ1) is 9.36. The van der Waals surface area contributed by atoms with E-state index in [0.717, 1.165) is 5.56 Å². The van der Waals surface area contributed by atoms with Crippen molar-refractivity contribution < 1.29 is 13.0 Å². The van der Waals surface area contributed by atoms with Gasteiger partial charge in [-0.15, -0.1) is 0 Å². The van der Waals surface area contributed by atoms with Crippen LogP contribution in [0.2, 0.25) is 5.02 Å². The van der Waals surface area contributed by atoms with Gasteiger partial charge in [0, 0.05) is 10.7 Å². The highest BCUT2D eigenvalue weighted by molar-refractivity contribution is 7.86. The Morgan fingerprint density at radius 3 is 2.30 bits per heavy atom. The molecule has 0 fully saturated rings. The molecule has 4 nitrogen and oxygen atoms in total. The molecule has 0 aromatic heterocycles. The Morgan fingerprint density at radius 1 is 1.05 bits per heavy atom. The van der Waals surface area contributed by atoms with Crippen LogP contribution in [-0.4, -0.2) is 13.0 Å². The Bertz CT molecular complexity index is 752. The number of benzene rings is 2. The molecule has 2 aromatic carbocycles. The van der Waals surface area contributed by atoms with Crippen LogP contribution in [-0.2, 0) is 10.1 Å². The lowest BCUT2D eigenvalue weighted by atomic mass is 10.1. The second kappa shape index (κ2) is 5.66. The van der Waals surface area contributed by atoms with Gasteiger partial charge in [-0.2, -0.15) is 8.42 Å². The molecule has 3 N–H and O–H groups in total. The van der Waals surface area contributed by atoms with Crippen LogP contribution in [0.25, 0.3) is 12.2 Å². The number of hydrogen-bond acceptors (Lipinski definition) is 3. The van der Waals surface area contributed by atoms with E-state index in [4.69, 9.17) is 17.3 Å². The summed E-state index contributed by atoms with van der Waals surface area (Å²) in [5.74, 6) is 0. The zero-order valence-corrected chi connectivity index (χ0v) is 11.9. The van der Waals surface area contributed by atoms with Gasteiger partial charge < -0.3 is 5.73 Å². The molecule has 0 radical (unpaired) electrons. The summed E-state index contributed by atoms with van der Waals surface area (Å²) < 4.78 is 31.8. The van der Waals surface area contributed by atoms with Crippen molar-refractivity contribution in [1.82, 2.24) is 0 Å². The molecule has 20 heavy (non-hydrogen) atoms. The van der Waals surface area contributed by atoms with Crippen molar-refractivity contribution >= 4 is 39.6 Å². The molecule has 0 aliphatic rings. The molecule has 6 heteroatoms. The van der Waals surface area contributed by atoms with Crippen molar-refractivity contribution in [2.45, 2.75) is 4.90 Å². The summed E-state index contributed by atoms with van der Waals surface area (Å²) in [5.41, 5.74) is 7.01. The van der Waals surface area contributed by atoms with E-state index >= 15 is 0 Å². The summed E-state index contributed by atoms with van der Waals surface area (Å²) in [5, 5.41) is 0.619. The Hall–Kier alpha value is -1.82. The molecule has 0 aliphatic carbocycles. The first-order valence-electron chi connectivity index (χ1n) is 5.67. The van der Waals surface area contributed by atoms with Crippen LogP contribution < -0.4 is 5.73 Å². The van der Waals surface area contributed by atoms with Gasteiger partial charge in [-0.05, 0) is 35.4 Å². The molecule has 0 amide bonds. The smallest absolute Gasteiger partial charge is 0.295 e. The lowest BCUT2D eigenvalue weighted by Crippen LogP contribution is -2.02. The highest BCUT2D eigenvalue weighted by atomic mass is 35.5. The third kappa shape index (κ3) is 3.60.